The lowest BCUT2D eigenvalue weighted by molar-refractivity contribution is -0.138. The summed E-state index contributed by atoms with van der Waals surface area (Å²) < 4.78 is 5.65. The van der Waals surface area contributed by atoms with Crippen LogP contribution in [0.3, 0.4) is 0 Å². The Kier molecular flexibility index (Phi) is 4.29. The second-order valence-corrected chi connectivity index (χ2v) is 5.77. The maximum atomic E-state index is 11.7. The topological polar surface area (TPSA) is 78.9 Å². The molecular formula is C16H20N2O4. The molecule has 0 aliphatic carbocycles. The molecule has 2 amide bonds. The van der Waals surface area contributed by atoms with Crippen LogP contribution < -0.4 is 15.0 Å². The first-order valence-electron chi connectivity index (χ1n) is 7.65. The van der Waals surface area contributed by atoms with Gasteiger partial charge in [-0.1, -0.05) is 0 Å². The Bertz CT molecular complexity index is 550. The number of piperidine rings is 2. The van der Waals surface area contributed by atoms with Gasteiger partial charge in [0.15, 0.2) is 6.10 Å². The number of rotatable bonds is 3. The molecule has 2 N–H and O–H groups in total. The average Bonchev–Trinajstić information content (AvgIpc) is 2.52. The molecule has 0 bridgehead atoms. The van der Waals surface area contributed by atoms with Crippen molar-refractivity contribution in [1.29, 1.82) is 0 Å². The highest BCUT2D eigenvalue weighted by Crippen LogP contribution is 2.24. The number of anilines is 1. The van der Waals surface area contributed by atoms with Crippen molar-refractivity contribution in [1.82, 2.24) is 5.32 Å². The molecule has 1 unspecified atom stereocenters. The molecule has 2 aliphatic rings. The molecule has 1 atom stereocenters. The third-order valence-electron chi connectivity index (χ3n) is 4.13. The highest BCUT2D eigenvalue weighted by Gasteiger charge is 2.28. The summed E-state index contributed by atoms with van der Waals surface area (Å²) in [5.74, 6) is 0.00752. The molecule has 6 nitrogen and oxygen atoms in total. The van der Waals surface area contributed by atoms with Gasteiger partial charge in [0.2, 0.25) is 5.91 Å². The molecule has 3 rings (SSSR count). The van der Waals surface area contributed by atoms with Crippen molar-refractivity contribution in [2.75, 3.05) is 18.0 Å². The molecule has 118 valence electrons. The third kappa shape index (κ3) is 3.39. The molecule has 2 aliphatic heterocycles. The van der Waals surface area contributed by atoms with E-state index in [1.165, 1.54) is 0 Å². The summed E-state index contributed by atoms with van der Waals surface area (Å²) >= 11 is 0. The largest absolute Gasteiger partial charge is 0.481 e. The Balaban J connectivity index is 1.59. The van der Waals surface area contributed by atoms with E-state index in [0.717, 1.165) is 31.6 Å². The number of ether oxygens (including phenoxy) is 1. The first-order valence-corrected chi connectivity index (χ1v) is 7.65. The lowest BCUT2D eigenvalue weighted by Gasteiger charge is -2.31. The van der Waals surface area contributed by atoms with Gasteiger partial charge < -0.3 is 14.7 Å². The molecule has 0 aromatic heterocycles. The molecule has 2 fully saturated rings. The standard InChI is InChI=1S/C16H20N2O4/c19-12-7-9-18(10-8-12)11-1-3-13(4-2-11)22-14-5-6-15(20)17-16(14)21/h1-4,12,14,19H,5-10H2,(H,17,20,21). The third-order valence-corrected chi connectivity index (χ3v) is 4.13. The van der Waals surface area contributed by atoms with Gasteiger partial charge in [-0.15, -0.1) is 0 Å². The summed E-state index contributed by atoms with van der Waals surface area (Å²) in [6.07, 6.45) is 1.50. The molecule has 1 aromatic rings. The Morgan fingerprint density at radius 2 is 1.77 bits per heavy atom. The van der Waals surface area contributed by atoms with Crippen LogP contribution in [-0.4, -0.2) is 42.2 Å². The summed E-state index contributed by atoms with van der Waals surface area (Å²) in [4.78, 5) is 25.0. The van der Waals surface area contributed by atoms with Crippen LogP contribution in [0.15, 0.2) is 24.3 Å². The number of amides is 2. The van der Waals surface area contributed by atoms with Gasteiger partial charge in [-0.3, -0.25) is 14.9 Å². The fourth-order valence-electron chi connectivity index (χ4n) is 2.81. The van der Waals surface area contributed by atoms with Crippen molar-refractivity contribution < 1.29 is 19.4 Å². The number of aliphatic hydroxyl groups is 1. The Labute approximate surface area is 129 Å². The van der Waals surface area contributed by atoms with Gasteiger partial charge in [-0.25, -0.2) is 0 Å². The van der Waals surface area contributed by atoms with Gasteiger partial charge in [0.05, 0.1) is 6.10 Å². The zero-order chi connectivity index (χ0) is 15.5. The van der Waals surface area contributed by atoms with Gasteiger partial charge in [-0.05, 0) is 37.1 Å². The van der Waals surface area contributed by atoms with Gasteiger partial charge in [-0.2, -0.15) is 0 Å². The predicted octanol–water partition coefficient (Wildman–Crippen LogP) is 0.832. The van der Waals surface area contributed by atoms with Crippen LogP contribution in [0.1, 0.15) is 25.7 Å². The first-order chi connectivity index (χ1) is 10.6. The average molecular weight is 304 g/mol. The van der Waals surface area contributed by atoms with Crippen LogP contribution in [0.4, 0.5) is 5.69 Å². The predicted molar refractivity (Wildman–Crippen MR) is 80.7 cm³/mol. The maximum absolute atomic E-state index is 11.7. The van der Waals surface area contributed by atoms with Gasteiger partial charge in [0, 0.05) is 31.6 Å². The van der Waals surface area contributed by atoms with Crippen molar-refractivity contribution in [3.05, 3.63) is 24.3 Å². The van der Waals surface area contributed by atoms with E-state index in [1.54, 1.807) is 0 Å². The SMILES string of the molecule is O=C1CCC(Oc2ccc(N3CCC(O)CC3)cc2)C(=O)N1. The minimum atomic E-state index is -0.603. The second kappa shape index (κ2) is 6.36. The van der Waals surface area contributed by atoms with E-state index in [9.17, 15) is 14.7 Å². The minimum absolute atomic E-state index is 0.189. The van der Waals surface area contributed by atoms with Crippen molar-refractivity contribution in [2.45, 2.75) is 37.9 Å². The lowest BCUT2D eigenvalue weighted by Crippen LogP contribution is -2.46. The quantitative estimate of drug-likeness (QED) is 0.809. The number of aliphatic hydroxyl groups excluding tert-OH is 1. The Morgan fingerprint density at radius 3 is 2.41 bits per heavy atom. The summed E-state index contributed by atoms with van der Waals surface area (Å²) in [6.45, 7) is 1.68. The van der Waals surface area contributed by atoms with Gasteiger partial charge >= 0.3 is 0 Å². The van der Waals surface area contributed by atoms with E-state index in [1.807, 2.05) is 24.3 Å². The number of hydrogen-bond donors (Lipinski definition) is 2. The number of carbonyl (C=O) groups excluding carboxylic acids is 2. The highest BCUT2D eigenvalue weighted by molar-refractivity contribution is 5.99. The van der Waals surface area contributed by atoms with E-state index in [4.69, 9.17) is 4.74 Å². The zero-order valence-electron chi connectivity index (χ0n) is 12.3. The fraction of sp³-hybridized carbons (Fsp3) is 0.500. The highest BCUT2D eigenvalue weighted by atomic mass is 16.5. The Hall–Kier alpha value is -2.08. The van der Waals surface area contributed by atoms with Gasteiger partial charge in [0.1, 0.15) is 5.75 Å². The van der Waals surface area contributed by atoms with Crippen LogP contribution in [-0.2, 0) is 9.59 Å². The summed E-state index contributed by atoms with van der Waals surface area (Å²) in [5.41, 5.74) is 1.09. The number of hydrogen-bond acceptors (Lipinski definition) is 5. The first kappa shape index (κ1) is 14.8. The monoisotopic (exact) mass is 304 g/mol. The van der Waals surface area contributed by atoms with Crippen LogP contribution in [0.25, 0.3) is 0 Å². The molecular weight excluding hydrogens is 284 g/mol. The van der Waals surface area contributed by atoms with Crippen LogP contribution >= 0.6 is 0 Å². The molecule has 1 aromatic carbocycles. The van der Waals surface area contributed by atoms with E-state index in [2.05, 4.69) is 10.2 Å². The van der Waals surface area contributed by atoms with E-state index < -0.39 is 6.10 Å². The van der Waals surface area contributed by atoms with Crippen LogP contribution in [0, 0.1) is 0 Å². The smallest absolute Gasteiger partial charge is 0.267 e. The maximum Gasteiger partial charge on any atom is 0.267 e. The zero-order valence-corrected chi connectivity index (χ0v) is 12.3. The minimum Gasteiger partial charge on any atom is -0.481 e. The normalized spacial score (nSPS) is 23.3. The van der Waals surface area contributed by atoms with Gasteiger partial charge in [0.25, 0.3) is 5.91 Å². The second-order valence-electron chi connectivity index (χ2n) is 5.77. The molecule has 0 spiro atoms. The number of nitrogens with zero attached hydrogens (tertiary/aromatic N) is 1. The van der Waals surface area contributed by atoms with E-state index >= 15 is 0 Å². The lowest BCUT2D eigenvalue weighted by atomic mass is 10.1. The van der Waals surface area contributed by atoms with Crippen LogP contribution in [0.2, 0.25) is 0 Å². The number of nitrogens with one attached hydrogen (secondary N) is 1. The number of imide groups is 1. The number of benzene rings is 1. The Morgan fingerprint density at radius 1 is 1.09 bits per heavy atom. The van der Waals surface area contributed by atoms with Crippen molar-refractivity contribution in [3.63, 3.8) is 0 Å². The van der Waals surface area contributed by atoms with Crippen molar-refractivity contribution in [3.8, 4) is 5.75 Å². The summed E-state index contributed by atoms with van der Waals surface area (Å²) in [6, 6.07) is 7.59. The van der Waals surface area contributed by atoms with E-state index in [-0.39, 0.29) is 17.9 Å². The molecule has 6 heteroatoms. The molecule has 2 saturated heterocycles. The fourth-order valence-corrected chi connectivity index (χ4v) is 2.81. The van der Waals surface area contributed by atoms with Crippen molar-refractivity contribution >= 4 is 17.5 Å². The van der Waals surface area contributed by atoms with E-state index in [0.29, 0.717) is 18.6 Å². The number of carbonyl (C=O) groups is 2. The molecule has 22 heavy (non-hydrogen) atoms. The van der Waals surface area contributed by atoms with Crippen LogP contribution in [0.5, 0.6) is 5.75 Å². The molecule has 2 heterocycles. The summed E-state index contributed by atoms with van der Waals surface area (Å²) in [5, 5.41) is 11.8. The molecule has 0 saturated carbocycles. The molecule has 0 radical (unpaired) electrons. The summed E-state index contributed by atoms with van der Waals surface area (Å²) in [7, 11) is 0. The van der Waals surface area contributed by atoms with Crippen molar-refractivity contribution in [2.24, 2.45) is 0 Å².